The lowest BCUT2D eigenvalue weighted by atomic mass is 9.62. The van der Waals surface area contributed by atoms with Crippen LogP contribution in [0, 0.1) is 22.7 Å². The Morgan fingerprint density at radius 2 is 0.962 bits per heavy atom. The predicted molar refractivity (Wildman–Crippen MR) is 114 cm³/mol. The number of rotatable bonds is 14. The van der Waals surface area contributed by atoms with Crippen LogP contribution >= 0.6 is 0 Å². The van der Waals surface area contributed by atoms with E-state index in [4.69, 9.17) is 0 Å². The monoisotopic (exact) mass is 366 g/mol. The van der Waals surface area contributed by atoms with E-state index in [0.717, 1.165) is 6.42 Å². The molecule has 1 atom stereocenters. The van der Waals surface area contributed by atoms with Crippen LogP contribution < -0.4 is 0 Å². The molecule has 0 aromatic heterocycles. The Morgan fingerprint density at radius 3 is 1.42 bits per heavy atom. The number of unbranched alkanes of at least 4 members (excludes halogenated alkanes) is 9. The molecule has 2 N–H and O–H groups in total. The summed E-state index contributed by atoms with van der Waals surface area (Å²) in [6, 6.07) is 0. The van der Waals surface area contributed by atoms with Crippen molar-refractivity contribution in [1.82, 2.24) is 0 Å². The summed E-state index contributed by atoms with van der Waals surface area (Å²) in [4.78, 5) is 0. The number of hydrogen-bond donors (Lipinski definition) is 2. The molecule has 0 aromatic rings. The van der Waals surface area contributed by atoms with Gasteiger partial charge in [-0.25, -0.2) is 0 Å². The van der Waals surface area contributed by atoms with Crippen LogP contribution in [0.1, 0.15) is 125 Å². The summed E-state index contributed by atoms with van der Waals surface area (Å²) in [6.07, 6.45) is 16.7. The van der Waals surface area contributed by atoms with Gasteiger partial charge in [0.1, 0.15) is 0 Å². The third-order valence-corrected chi connectivity index (χ3v) is 6.03. The van der Waals surface area contributed by atoms with Crippen LogP contribution in [0.3, 0.4) is 0 Å². The molecule has 0 rings (SSSR count). The van der Waals surface area contributed by atoms with E-state index < -0.39 is 5.79 Å². The molecule has 0 spiro atoms. The molecule has 0 aliphatic rings. The van der Waals surface area contributed by atoms with Gasteiger partial charge in [-0.15, -0.1) is 0 Å². The zero-order valence-electron chi connectivity index (χ0n) is 18.6. The molecule has 0 heterocycles. The molecule has 0 amide bonds. The first-order chi connectivity index (χ1) is 12.1. The minimum Gasteiger partial charge on any atom is -0.356 e. The van der Waals surface area contributed by atoms with Crippen LogP contribution in [0.25, 0.3) is 0 Å². The fourth-order valence-electron chi connectivity index (χ4n) is 3.59. The molecule has 0 saturated heterocycles. The SMILES string of the molecule is CCCCCCCCCCC(C)(CCCCC)C(C)(C)C#CC(C)(O)O. The topological polar surface area (TPSA) is 40.5 Å². The van der Waals surface area contributed by atoms with Crippen molar-refractivity contribution in [2.75, 3.05) is 0 Å². The summed E-state index contributed by atoms with van der Waals surface area (Å²) in [6.45, 7) is 12.5. The van der Waals surface area contributed by atoms with Crippen LogP contribution in [0.2, 0.25) is 0 Å². The first-order valence-corrected chi connectivity index (χ1v) is 11.1. The Hall–Kier alpha value is -0.520. The summed E-state index contributed by atoms with van der Waals surface area (Å²) in [7, 11) is 0. The van der Waals surface area contributed by atoms with Gasteiger partial charge >= 0.3 is 0 Å². The molecule has 2 heteroatoms. The lowest BCUT2D eigenvalue weighted by molar-refractivity contribution is -0.0919. The minimum absolute atomic E-state index is 0.114. The van der Waals surface area contributed by atoms with Gasteiger partial charge in [0.2, 0.25) is 5.79 Å². The Bertz CT molecular complexity index is 408. The second-order valence-corrected chi connectivity index (χ2v) is 9.14. The Balaban J connectivity index is 4.68. The van der Waals surface area contributed by atoms with Gasteiger partial charge in [-0.05, 0) is 38.0 Å². The van der Waals surface area contributed by atoms with E-state index in [9.17, 15) is 10.2 Å². The summed E-state index contributed by atoms with van der Waals surface area (Å²) in [5.41, 5.74) is -0.114. The summed E-state index contributed by atoms with van der Waals surface area (Å²) < 4.78 is 0. The molecule has 0 radical (unpaired) electrons. The molecule has 154 valence electrons. The van der Waals surface area contributed by atoms with E-state index in [1.54, 1.807) is 0 Å². The normalized spacial score (nSPS) is 14.6. The fourth-order valence-corrected chi connectivity index (χ4v) is 3.59. The maximum atomic E-state index is 9.58. The lowest BCUT2D eigenvalue weighted by Gasteiger charge is -2.42. The van der Waals surface area contributed by atoms with Gasteiger partial charge in [-0.3, -0.25) is 0 Å². The maximum absolute atomic E-state index is 9.58. The number of hydrogen-bond acceptors (Lipinski definition) is 2. The maximum Gasteiger partial charge on any atom is 0.225 e. The van der Waals surface area contributed by atoms with Gasteiger partial charge in [0.05, 0.1) is 0 Å². The molecule has 0 aliphatic heterocycles. The smallest absolute Gasteiger partial charge is 0.225 e. The minimum atomic E-state index is -1.90. The molecule has 0 bridgehead atoms. The van der Waals surface area contributed by atoms with E-state index >= 15 is 0 Å². The molecule has 2 nitrogen and oxygen atoms in total. The van der Waals surface area contributed by atoms with Crippen molar-refractivity contribution in [3.63, 3.8) is 0 Å². The van der Waals surface area contributed by atoms with Crippen LogP contribution in [-0.2, 0) is 0 Å². The standard InChI is InChI=1S/C24H46O2/c1-7-9-11-12-13-14-15-17-19-23(5,18-16-10-8-2)22(3,4)20-21-24(6,25)26/h25-26H,7-19H2,1-6H3. The second-order valence-electron chi connectivity index (χ2n) is 9.14. The van der Waals surface area contributed by atoms with Gasteiger partial charge in [-0.2, -0.15) is 0 Å². The van der Waals surface area contributed by atoms with Crippen molar-refractivity contribution in [2.45, 2.75) is 131 Å². The average Bonchev–Trinajstić information content (AvgIpc) is 2.55. The highest BCUT2D eigenvalue weighted by Gasteiger charge is 2.39. The van der Waals surface area contributed by atoms with Crippen LogP contribution in [0.15, 0.2) is 0 Å². The van der Waals surface area contributed by atoms with Crippen LogP contribution in [-0.4, -0.2) is 16.0 Å². The van der Waals surface area contributed by atoms with Crippen molar-refractivity contribution in [3.05, 3.63) is 0 Å². The predicted octanol–water partition coefficient (Wildman–Crippen LogP) is 6.83. The molecule has 1 unspecified atom stereocenters. The highest BCUT2D eigenvalue weighted by Crippen LogP contribution is 2.46. The van der Waals surface area contributed by atoms with E-state index in [1.165, 1.54) is 84.0 Å². The Morgan fingerprint density at radius 1 is 0.577 bits per heavy atom. The van der Waals surface area contributed by atoms with Gasteiger partial charge < -0.3 is 10.2 Å². The molecular weight excluding hydrogens is 320 g/mol. The number of aliphatic hydroxyl groups is 2. The van der Waals surface area contributed by atoms with Crippen molar-refractivity contribution in [1.29, 1.82) is 0 Å². The highest BCUT2D eigenvalue weighted by atomic mass is 16.5. The molecule has 0 fully saturated rings. The van der Waals surface area contributed by atoms with Crippen molar-refractivity contribution in [3.8, 4) is 11.8 Å². The van der Waals surface area contributed by atoms with Crippen LogP contribution in [0.4, 0.5) is 0 Å². The zero-order chi connectivity index (χ0) is 20.1. The average molecular weight is 367 g/mol. The highest BCUT2D eigenvalue weighted by molar-refractivity contribution is 5.17. The van der Waals surface area contributed by atoms with Gasteiger partial charge in [0.25, 0.3) is 0 Å². The quantitative estimate of drug-likeness (QED) is 0.201. The van der Waals surface area contributed by atoms with Crippen molar-refractivity contribution >= 4 is 0 Å². The first kappa shape index (κ1) is 25.5. The largest absolute Gasteiger partial charge is 0.356 e. The summed E-state index contributed by atoms with van der Waals surface area (Å²) in [5.74, 6) is 3.94. The summed E-state index contributed by atoms with van der Waals surface area (Å²) >= 11 is 0. The zero-order valence-corrected chi connectivity index (χ0v) is 18.6. The molecular formula is C24H46O2. The Kier molecular flexibility index (Phi) is 12.5. The van der Waals surface area contributed by atoms with Crippen LogP contribution in [0.5, 0.6) is 0 Å². The third kappa shape index (κ3) is 11.2. The Labute approximate surface area is 164 Å². The molecule has 26 heavy (non-hydrogen) atoms. The van der Waals surface area contributed by atoms with E-state index in [1.807, 2.05) is 0 Å². The first-order valence-electron chi connectivity index (χ1n) is 11.1. The molecule has 0 saturated carbocycles. The van der Waals surface area contributed by atoms with Gasteiger partial charge in [0, 0.05) is 12.3 Å². The van der Waals surface area contributed by atoms with E-state index in [0.29, 0.717) is 0 Å². The molecule has 0 aromatic carbocycles. The summed E-state index contributed by atoms with van der Waals surface area (Å²) in [5, 5.41) is 19.2. The van der Waals surface area contributed by atoms with E-state index in [-0.39, 0.29) is 10.8 Å². The van der Waals surface area contributed by atoms with Crippen molar-refractivity contribution < 1.29 is 10.2 Å². The van der Waals surface area contributed by atoms with E-state index in [2.05, 4.69) is 46.5 Å². The van der Waals surface area contributed by atoms with Gasteiger partial charge in [0.15, 0.2) is 0 Å². The lowest BCUT2D eigenvalue weighted by Crippen LogP contribution is -2.35. The third-order valence-electron chi connectivity index (χ3n) is 6.03. The molecule has 0 aliphatic carbocycles. The fraction of sp³-hybridized carbons (Fsp3) is 0.917. The van der Waals surface area contributed by atoms with Gasteiger partial charge in [-0.1, -0.05) is 97.3 Å². The van der Waals surface area contributed by atoms with Crippen molar-refractivity contribution in [2.24, 2.45) is 10.8 Å². The second kappa shape index (κ2) is 12.8.